The molecule has 2 atom stereocenters. The van der Waals surface area contributed by atoms with E-state index < -0.39 is 0 Å². The number of rotatable bonds is 7. The topological polar surface area (TPSA) is 42.3 Å². The molecule has 0 bridgehead atoms. The molecule has 1 N–H and O–H groups in total. The molecule has 4 rings (SSSR count). The lowest BCUT2D eigenvalue weighted by atomic mass is 10.0. The normalized spacial score (nSPS) is 18.6. The molecule has 3 aromatic rings. The molecule has 156 valence electrons. The molecule has 0 aliphatic carbocycles. The lowest BCUT2D eigenvalue weighted by Gasteiger charge is -2.29. The van der Waals surface area contributed by atoms with E-state index in [1.165, 1.54) is 0 Å². The van der Waals surface area contributed by atoms with Crippen LogP contribution in [0.4, 0.5) is 0 Å². The Morgan fingerprint density at radius 1 is 1.20 bits per heavy atom. The summed E-state index contributed by atoms with van der Waals surface area (Å²) in [5, 5.41) is 5.01. The first-order valence-corrected chi connectivity index (χ1v) is 10.8. The number of ether oxygens (including phenoxy) is 1. The van der Waals surface area contributed by atoms with E-state index in [1.54, 1.807) is 7.11 Å². The van der Waals surface area contributed by atoms with E-state index in [1.807, 2.05) is 43.5 Å². The van der Waals surface area contributed by atoms with Crippen molar-refractivity contribution < 1.29 is 4.74 Å². The number of halogens is 1. The molecule has 1 aliphatic rings. The summed E-state index contributed by atoms with van der Waals surface area (Å²) < 4.78 is 7.48. The molecule has 30 heavy (non-hydrogen) atoms. The van der Waals surface area contributed by atoms with Crippen molar-refractivity contribution in [2.75, 3.05) is 20.3 Å². The first-order valence-electron chi connectivity index (χ1n) is 10.0. The third-order valence-electron chi connectivity index (χ3n) is 5.45. The monoisotopic (exact) mass is 440 g/mol. The Kier molecular flexibility index (Phi) is 6.37. The molecule has 0 spiro atoms. The van der Waals surface area contributed by atoms with Crippen molar-refractivity contribution in [1.29, 1.82) is 0 Å². The van der Waals surface area contributed by atoms with E-state index in [-0.39, 0.29) is 12.1 Å². The number of hydrogen-bond acceptors (Lipinski definition) is 3. The molecular weight excluding hydrogens is 416 g/mol. The maximum Gasteiger partial charge on any atom is 0.170 e. The number of benzene rings is 1. The van der Waals surface area contributed by atoms with Gasteiger partial charge >= 0.3 is 0 Å². The van der Waals surface area contributed by atoms with E-state index in [0.717, 1.165) is 45.7 Å². The Morgan fingerprint density at radius 3 is 2.80 bits per heavy atom. The van der Waals surface area contributed by atoms with Gasteiger partial charge in [0.05, 0.1) is 17.8 Å². The number of nitrogens with one attached hydrogen (secondary N) is 1. The van der Waals surface area contributed by atoms with Gasteiger partial charge in [-0.05, 0) is 73.6 Å². The van der Waals surface area contributed by atoms with Crippen molar-refractivity contribution >= 4 is 28.9 Å². The third kappa shape index (κ3) is 4.08. The molecule has 3 heterocycles. The van der Waals surface area contributed by atoms with Gasteiger partial charge in [-0.15, -0.1) is 0 Å². The zero-order chi connectivity index (χ0) is 21.1. The molecule has 0 unspecified atom stereocenters. The van der Waals surface area contributed by atoms with Crippen LogP contribution in [0.1, 0.15) is 35.5 Å². The second kappa shape index (κ2) is 9.16. The summed E-state index contributed by atoms with van der Waals surface area (Å²) in [4.78, 5) is 6.87. The summed E-state index contributed by atoms with van der Waals surface area (Å²) in [5.41, 5.74) is 4.25. The Morgan fingerprint density at radius 2 is 2.07 bits per heavy atom. The number of methoxy groups -OCH3 is 1. The molecule has 7 heteroatoms. The molecular formula is C23H25ClN4OS. The minimum atomic E-state index is -0.0386. The number of pyridine rings is 1. The van der Waals surface area contributed by atoms with E-state index in [2.05, 4.69) is 44.2 Å². The summed E-state index contributed by atoms with van der Waals surface area (Å²) in [6.45, 7) is 3.52. The van der Waals surface area contributed by atoms with E-state index in [0.29, 0.717) is 6.61 Å². The van der Waals surface area contributed by atoms with Crippen LogP contribution in [0.25, 0.3) is 5.69 Å². The van der Waals surface area contributed by atoms with Crippen LogP contribution >= 0.6 is 23.8 Å². The number of aromatic nitrogens is 2. The fourth-order valence-corrected chi connectivity index (χ4v) is 4.45. The second-order valence-corrected chi connectivity index (χ2v) is 8.20. The molecule has 1 fully saturated rings. The van der Waals surface area contributed by atoms with Gasteiger partial charge in [-0.3, -0.25) is 4.98 Å². The standard InChI is InChI=1S/C23H25ClN4OS/c1-16-15-17(9-10-18(16)24)27-12-5-8-20(27)22-21(19-7-3-4-11-25-19)26-23(30)28(22)13-6-14-29-2/h3-5,7-12,15,21-22H,6,13-14H2,1-2H3,(H,26,30)/t21-,22+/m1/s1. The minimum Gasteiger partial charge on any atom is -0.385 e. The largest absolute Gasteiger partial charge is 0.385 e. The highest BCUT2D eigenvalue weighted by molar-refractivity contribution is 7.80. The average molecular weight is 441 g/mol. The zero-order valence-electron chi connectivity index (χ0n) is 17.1. The van der Waals surface area contributed by atoms with Gasteiger partial charge in [0.15, 0.2) is 5.11 Å². The van der Waals surface area contributed by atoms with Crippen molar-refractivity contribution in [2.45, 2.75) is 25.4 Å². The highest BCUT2D eigenvalue weighted by atomic mass is 35.5. The fourth-order valence-electron chi connectivity index (χ4n) is 4.00. The Labute approximate surface area is 187 Å². The minimum absolute atomic E-state index is 0.00948. The molecule has 0 saturated carbocycles. The van der Waals surface area contributed by atoms with Gasteiger partial charge in [0.25, 0.3) is 0 Å². The van der Waals surface area contributed by atoms with Crippen molar-refractivity contribution in [3.8, 4) is 5.69 Å². The van der Waals surface area contributed by atoms with Crippen molar-refractivity contribution in [2.24, 2.45) is 0 Å². The van der Waals surface area contributed by atoms with Crippen LogP contribution in [0.2, 0.25) is 5.02 Å². The van der Waals surface area contributed by atoms with Crippen molar-refractivity contribution in [1.82, 2.24) is 19.8 Å². The number of aryl methyl sites for hydroxylation is 1. The first-order chi connectivity index (χ1) is 14.6. The summed E-state index contributed by atoms with van der Waals surface area (Å²) in [6.07, 6.45) is 4.80. The van der Waals surface area contributed by atoms with Gasteiger partial charge < -0.3 is 19.5 Å². The van der Waals surface area contributed by atoms with Crippen LogP contribution in [0, 0.1) is 6.92 Å². The van der Waals surface area contributed by atoms with Crippen LogP contribution in [-0.2, 0) is 4.74 Å². The van der Waals surface area contributed by atoms with Crippen molar-refractivity contribution in [3.63, 3.8) is 0 Å². The summed E-state index contributed by atoms with van der Waals surface area (Å²) in [6, 6.07) is 16.3. The zero-order valence-corrected chi connectivity index (χ0v) is 18.7. The molecule has 1 aliphatic heterocycles. The van der Waals surface area contributed by atoms with E-state index >= 15 is 0 Å². The SMILES string of the molecule is COCCCN1C(=S)N[C@H](c2ccccn2)[C@@H]1c1cccn1-c1ccc(Cl)c(C)c1. The molecule has 2 aromatic heterocycles. The van der Waals surface area contributed by atoms with E-state index in [4.69, 9.17) is 28.6 Å². The van der Waals surface area contributed by atoms with E-state index in [9.17, 15) is 0 Å². The highest BCUT2D eigenvalue weighted by Crippen LogP contribution is 2.39. The predicted molar refractivity (Wildman–Crippen MR) is 124 cm³/mol. The van der Waals surface area contributed by atoms with Gasteiger partial charge in [-0.1, -0.05) is 17.7 Å². The van der Waals surface area contributed by atoms with Crippen LogP contribution < -0.4 is 5.32 Å². The van der Waals surface area contributed by atoms with Crippen molar-refractivity contribution in [3.05, 3.63) is 82.9 Å². The Balaban J connectivity index is 1.76. The van der Waals surface area contributed by atoms with Gasteiger partial charge in [0, 0.05) is 49.1 Å². The Bertz CT molecular complexity index is 1020. The summed E-state index contributed by atoms with van der Waals surface area (Å²) >= 11 is 12.0. The average Bonchev–Trinajstić information content (AvgIpc) is 3.35. The molecule has 1 aromatic carbocycles. The van der Waals surface area contributed by atoms with Gasteiger partial charge in [0.1, 0.15) is 0 Å². The van der Waals surface area contributed by atoms with Crippen LogP contribution in [-0.4, -0.2) is 39.8 Å². The van der Waals surface area contributed by atoms with Crippen LogP contribution in [0.15, 0.2) is 60.9 Å². The van der Waals surface area contributed by atoms with Crippen LogP contribution in [0.5, 0.6) is 0 Å². The van der Waals surface area contributed by atoms with Gasteiger partial charge in [-0.2, -0.15) is 0 Å². The number of thiocarbonyl (C=S) groups is 1. The summed E-state index contributed by atoms with van der Waals surface area (Å²) in [5.74, 6) is 0. The number of nitrogens with zero attached hydrogens (tertiary/aromatic N) is 3. The molecule has 0 radical (unpaired) electrons. The maximum absolute atomic E-state index is 6.26. The predicted octanol–water partition coefficient (Wildman–Crippen LogP) is 4.84. The van der Waals surface area contributed by atoms with Crippen LogP contribution in [0.3, 0.4) is 0 Å². The lowest BCUT2D eigenvalue weighted by molar-refractivity contribution is 0.180. The third-order valence-corrected chi connectivity index (χ3v) is 6.22. The molecule has 1 saturated heterocycles. The first kappa shape index (κ1) is 20.8. The highest BCUT2D eigenvalue weighted by Gasteiger charge is 2.40. The van der Waals surface area contributed by atoms with Gasteiger partial charge in [-0.25, -0.2) is 0 Å². The number of hydrogen-bond donors (Lipinski definition) is 1. The maximum atomic E-state index is 6.26. The molecule has 5 nitrogen and oxygen atoms in total. The quantitative estimate of drug-likeness (QED) is 0.420. The van der Waals surface area contributed by atoms with Gasteiger partial charge in [0.2, 0.25) is 0 Å². The Hall–Kier alpha value is -2.41. The second-order valence-electron chi connectivity index (χ2n) is 7.40. The lowest BCUT2D eigenvalue weighted by Crippen LogP contribution is -2.32. The fraction of sp³-hybridized carbons (Fsp3) is 0.304. The summed E-state index contributed by atoms with van der Waals surface area (Å²) in [7, 11) is 1.72. The smallest absolute Gasteiger partial charge is 0.170 e. The molecule has 0 amide bonds.